The van der Waals surface area contributed by atoms with Crippen molar-refractivity contribution in [3.63, 3.8) is 0 Å². The van der Waals surface area contributed by atoms with Gasteiger partial charge >= 0.3 is 0 Å². The van der Waals surface area contributed by atoms with Gasteiger partial charge in [0, 0.05) is 26.7 Å². The quantitative estimate of drug-likeness (QED) is 0.628. The molecule has 1 fully saturated rings. The monoisotopic (exact) mass is 259 g/mol. The molecule has 0 aromatic heterocycles. The predicted molar refractivity (Wildman–Crippen MR) is 81.2 cm³/mol. The second-order valence-electron chi connectivity index (χ2n) is 5.31. The van der Waals surface area contributed by atoms with Gasteiger partial charge in [0.25, 0.3) is 0 Å². The predicted octanol–water partition coefficient (Wildman–Crippen LogP) is 2.88. The number of nitrogens with one attached hydrogen (secondary N) is 1. The maximum Gasteiger partial charge on any atom is 0.193 e. The fourth-order valence-corrected chi connectivity index (χ4v) is 2.16. The highest BCUT2D eigenvalue weighted by atomic mass is 15.3. The van der Waals surface area contributed by atoms with Gasteiger partial charge in [-0.2, -0.15) is 0 Å². The third-order valence-corrected chi connectivity index (χ3v) is 3.45. The van der Waals surface area contributed by atoms with E-state index in [0.29, 0.717) is 0 Å². The fourth-order valence-electron chi connectivity index (χ4n) is 2.16. The molecule has 0 saturated heterocycles. The average molecular weight is 259 g/mol. The summed E-state index contributed by atoms with van der Waals surface area (Å²) in [6.07, 6.45) is 4.06. The molecule has 0 aliphatic heterocycles. The first-order valence-electron chi connectivity index (χ1n) is 7.33. The Hall–Kier alpha value is -1.51. The van der Waals surface area contributed by atoms with Crippen LogP contribution in [0.15, 0.2) is 35.3 Å². The summed E-state index contributed by atoms with van der Waals surface area (Å²) >= 11 is 0. The molecule has 1 saturated carbocycles. The molecule has 104 valence electrons. The summed E-state index contributed by atoms with van der Waals surface area (Å²) < 4.78 is 0. The minimum atomic E-state index is 0.899. The van der Waals surface area contributed by atoms with Gasteiger partial charge in [-0.15, -0.1) is 0 Å². The maximum absolute atomic E-state index is 4.72. The van der Waals surface area contributed by atoms with Crippen LogP contribution in [0.4, 0.5) is 0 Å². The lowest BCUT2D eigenvalue weighted by molar-refractivity contribution is 0.476. The Morgan fingerprint density at radius 1 is 1.32 bits per heavy atom. The van der Waals surface area contributed by atoms with E-state index in [9.17, 15) is 0 Å². The molecule has 0 radical (unpaired) electrons. The van der Waals surface area contributed by atoms with Crippen molar-refractivity contribution in [2.75, 3.05) is 20.1 Å². The van der Waals surface area contributed by atoms with E-state index in [4.69, 9.17) is 4.99 Å². The van der Waals surface area contributed by atoms with Crippen LogP contribution in [0.1, 0.15) is 31.7 Å². The molecule has 0 heterocycles. The van der Waals surface area contributed by atoms with Crippen molar-refractivity contribution < 1.29 is 0 Å². The second kappa shape index (κ2) is 7.17. The topological polar surface area (TPSA) is 27.6 Å². The van der Waals surface area contributed by atoms with Crippen molar-refractivity contribution in [2.24, 2.45) is 10.9 Å². The molecular weight excluding hydrogens is 234 g/mol. The normalized spacial score (nSPS) is 15.4. The zero-order valence-corrected chi connectivity index (χ0v) is 12.1. The van der Waals surface area contributed by atoms with Crippen LogP contribution >= 0.6 is 0 Å². The van der Waals surface area contributed by atoms with Gasteiger partial charge in [-0.05, 0) is 24.8 Å². The lowest BCUT2D eigenvalue weighted by atomic mass is 10.2. The number of nitrogens with zero attached hydrogens (tertiary/aromatic N) is 2. The van der Waals surface area contributed by atoms with Crippen LogP contribution in [-0.2, 0) is 6.54 Å². The molecule has 1 N–H and O–H groups in total. The summed E-state index contributed by atoms with van der Waals surface area (Å²) in [6.45, 7) is 4.89. The summed E-state index contributed by atoms with van der Waals surface area (Å²) in [4.78, 5) is 6.92. The van der Waals surface area contributed by atoms with E-state index >= 15 is 0 Å². The van der Waals surface area contributed by atoms with E-state index in [2.05, 4.69) is 54.5 Å². The fraction of sp³-hybridized carbons (Fsp3) is 0.562. The van der Waals surface area contributed by atoms with Crippen molar-refractivity contribution in [3.8, 4) is 0 Å². The third-order valence-electron chi connectivity index (χ3n) is 3.45. The van der Waals surface area contributed by atoms with Crippen LogP contribution in [0, 0.1) is 5.92 Å². The van der Waals surface area contributed by atoms with Crippen LogP contribution in [0.25, 0.3) is 0 Å². The van der Waals surface area contributed by atoms with Gasteiger partial charge in [-0.3, -0.25) is 4.99 Å². The van der Waals surface area contributed by atoms with Crippen LogP contribution in [0.3, 0.4) is 0 Å². The highest BCUT2D eigenvalue weighted by Gasteiger charge is 2.20. The molecule has 2 rings (SSSR count). The second-order valence-corrected chi connectivity index (χ2v) is 5.31. The third kappa shape index (κ3) is 4.93. The van der Waals surface area contributed by atoms with Gasteiger partial charge in [0.2, 0.25) is 0 Å². The lowest BCUT2D eigenvalue weighted by Crippen LogP contribution is -2.38. The summed E-state index contributed by atoms with van der Waals surface area (Å²) in [5.41, 5.74) is 1.32. The minimum Gasteiger partial charge on any atom is -0.357 e. The number of rotatable bonds is 6. The number of benzene rings is 1. The number of aliphatic imine (C=N–C) groups is 1. The standard InChI is InChI=1S/C16H25N3/c1-3-17-16(18-12-11-14-9-10-14)19(2)13-15-7-5-4-6-8-15/h4-8,14H,3,9-13H2,1-2H3,(H,17,18). The molecule has 0 bridgehead atoms. The molecule has 3 heteroatoms. The number of hydrogen-bond donors (Lipinski definition) is 1. The van der Waals surface area contributed by atoms with Crippen LogP contribution < -0.4 is 5.32 Å². The molecular formula is C16H25N3. The van der Waals surface area contributed by atoms with Gasteiger partial charge < -0.3 is 10.2 Å². The Labute approximate surface area is 116 Å². The minimum absolute atomic E-state index is 0.899. The Bertz CT molecular complexity index is 396. The van der Waals surface area contributed by atoms with Gasteiger partial charge in [0.15, 0.2) is 5.96 Å². The molecule has 0 atom stereocenters. The lowest BCUT2D eigenvalue weighted by Gasteiger charge is -2.22. The first-order valence-corrected chi connectivity index (χ1v) is 7.33. The molecule has 19 heavy (non-hydrogen) atoms. The van der Waals surface area contributed by atoms with E-state index in [-0.39, 0.29) is 0 Å². The van der Waals surface area contributed by atoms with Gasteiger partial charge in [0.1, 0.15) is 0 Å². The van der Waals surface area contributed by atoms with E-state index in [1.54, 1.807) is 0 Å². The summed E-state index contributed by atoms with van der Waals surface area (Å²) in [5, 5.41) is 3.37. The molecule has 1 aromatic rings. The molecule has 3 nitrogen and oxygen atoms in total. The SMILES string of the molecule is CCNC(=NCCC1CC1)N(C)Cc1ccccc1. The van der Waals surface area contributed by atoms with Crippen LogP contribution in [0.2, 0.25) is 0 Å². The van der Waals surface area contributed by atoms with Crippen LogP contribution in [0.5, 0.6) is 0 Å². The van der Waals surface area contributed by atoms with Crippen molar-refractivity contribution >= 4 is 5.96 Å². The van der Waals surface area contributed by atoms with Gasteiger partial charge in [-0.1, -0.05) is 43.2 Å². The highest BCUT2D eigenvalue weighted by Crippen LogP contribution is 2.32. The first-order chi connectivity index (χ1) is 9.29. The summed E-state index contributed by atoms with van der Waals surface area (Å²) in [6, 6.07) is 10.5. The maximum atomic E-state index is 4.72. The van der Waals surface area contributed by atoms with E-state index in [0.717, 1.165) is 31.5 Å². The van der Waals surface area contributed by atoms with Crippen LogP contribution in [-0.4, -0.2) is 31.0 Å². The number of guanidine groups is 1. The molecule has 1 aromatic carbocycles. The molecule has 0 amide bonds. The highest BCUT2D eigenvalue weighted by molar-refractivity contribution is 5.79. The summed E-state index contributed by atoms with van der Waals surface area (Å²) in [5.74, 6) is 1.97. The summed E-state index contributed by atoms with van der Waals surface area (Å²) in [7, 11) is 2.10. The van der Waals surface area contributed by atoms with Gasteiger partial charge in [0.05, 0.1) is 0 Å². The van der Waals surface area contributed by atoms with Gasteiger partial charge in [-0.25, -0.2) is 0 Å². The zero-order chi connectivity index (χ0) is 13.5. The van der Waals surface area contributed by atoms with Crippen molar-refractivity contribution in [2.45, 2.75) is 32.7 Å². The molecule has 1 aliphatic carbocycles. The Morgan fingerprint density at radius 2 is 2.05 bits per heavy atom. The largest absolute Gasteiger partial charge is 0.357 e. The molecule has 0 unspecified atom stereocenters. The smallest absolute Gasteiger partial charge is 0.193 e. The molecule has 1 aliphatic rings. The average Bonchev–Trinajstić information content (AvgIpc) is 3.23. The van der Waals surface area contributed by atoms with E-state index in [1.165, 1.54) is 24.8 Å². The Balaban J connectivity index is 1.88. The number of hydrogen-bond acceptors (Lipinski definition) is 1. The molecule has 0 spiro atoms. The van der Waals surface area contributed by atoms with E-state index < -0.39 is 0 Å². The first kappa shape index (κ1) is 13.9. The Morgan fingerprint density at radius 3 is 2.68 bits per heavy atom. The van der Waals surface area contributed by atoms with Crippen molar-refractivity contribution in [3.05, 3.63) is 35.9 Å². The zero-order valence-electron chi connectivity index (χ0n) is 12.1. The Kier molecular flexibility index (Phi) is 5.25. The van der Waals surface area contributed by atoms with Crippen molar-refractivity contribution in [1.29, 1.82) is 0 Å². The van der Waals surface area contributed by atoms with E-state index in [1.807, 2.05) is 0 Å². The van der Waals surface area contributed by atoms with Crippen molar-refractivity contribution in [1.82, 2.24) is 10.2 Å².